The number of nitrogens with one attached hydrogen (secondary N) is 1. The van der Waals surface area contributed by atoms with Crippen LogP contribution < -0.4 is 10.2 Å². The van der Waals surface area contributed by atoms with Crippen molar-refractivity contribution in [3.05, 3.63) is 65.1 Å². The topological polar surface area (TPSA) is 97.2 Å². The Morgan fingerprint density at radius 2 is 2.00 bits per heavy atom. The van der Waals surface area contributed by atoms with E-state index in [0.717, 1.165) is 48.2 Å². The van der Waals surface area contributed by atoms with Crippen LogP contribution in [0.2, 0.25) is 5.02 Å². The molecule has 1 aromatic carbocycles. The Morgan fingerprint density at radius 1 is 1.24 bits per heavy atom. The van der Waals surface area contributed by atoms with Crippen LogP contribution in [0.4, 0.5) is 10.5 Å². The van der Waals surface area contributed by atoms with Gasteiger partial charge in [0.1, 0.15) is 0 Å². The number of anilines is 1. The fraction of sp³-hybridized carbons (Fsp3) is 0.348. The highest BCUT2D eigenvalue weighted by Crippen LogP contribution is 2.30. The molecule has 3 heterocycles. The summed E-state index contributed by atoms with van der Waals surface area (Å²) in [4.78, 5) is 19.0. The molecule has 2 amide bonds. The first-order chi connectivity index (χ1) is 15.8. The van der Waals surface area contributed by atoms with Gasteiger partial charge in [-0.2, -0.15) is 5.10 Å². The first kappa shape index (κ1) is 23.3. The first-order valence-electron chi connectivity index (χ1n) is 10.8. The van der Waals surface area contributed by atoms with Gasteiger partial charge in [0, 0.05) is 24.0 Å². The summed E-state index contributed by atoms with van der Waals surface area (Å²) in [5.41, 5.74) is 3.34. The van der Waals surface area contributed by atoms with Gasteiger partial charge in [-0.25, -0.2) is 22.9 Å². The number of aromatic nitrogens is 3. The maximum Gasteiger partial charge on any atom is 0.322 e. The number of benzene rings is 1. The fourth-order valence-corrected chi connectivity index (χ4v) is 4.78. The lowest BCUT2D eigenvalue weighted by Crippen LogP contribution is -2.44. The molecule has 33 heavy (non-hydrogen) atoms. The molecule has 1 N–H and O–H groups in total. The number of hydrogen-bond donors (Lipinski definition) is 1. The highest BCUT2D eigenvalue weighted by Gasteiger charge is 2.28. The average molecular weight is 488 g/mol. The van der Waals surface area contributed by atoms with Gasteiger partial charge in [-0.3, -0.25) is 4.90 Å². The number of carbonyl (C=O) groups excluding carboxylic acids is 1. The molecule has 0 aliphatic carbocycles. The lowest BCUT2D eigenvalue weighted by Gasteiger charge is -2.29. The SMILES string of the molecule is CCC[C@H](NC(=O)N1CCCc2c1cnn2-c1ccc(Cl)cc1)c1ccnc(S(C)(=O)=O)c1. The van der Waals surface area contributed by atoms with Crippen molar-refractivity contribution in [2.45, 2.75) is 43.7 Å². The highest BCUT2D eigenvalue weighted by molar-refractivity contribution is 7.90. The quantitative estimate of drug-likeness (QED) is 0.558. The maximum atomic E-state index is 13.3. The van der Waals surface area contributed by atoms with Crippen molar-refractivity contribution in [3.63, 3.8) is 0 Å². The molecule has 1 atom stereocenters. The third-order valence-electron chi connectivity index (χ3n) is 5.67. The van der Waals surface area contributed by atoms with Gasteiger partial charge in [-0.15, -0.1) is 0 Å². The molecule has 4 rings (SSSR count). The zero-order valence-corrected chi connectivity index (χ0v) is 20.1. The van der Waals surface area contributed by atoms with Crippen molar-refractivity contribution in [1.82, 2.24) is 20.1 Å². The summed E-state index contributed by atoms with van der Waals surface area (Å²) in [6.45, 7) is 2.60. The van der Waals surface area contributed by atoms with Gasteiger partial charge >= 0.3 is 6.03 Å². The van der Waals surface area contributed by atoms with E-state index in [-0.39, 0.29) is 17.1 Å². The summed E-state index contributed by atoms with van der Waals surface area (Å²) in [5, 5.41) is 8.26. The molecule has 0 fully saturated rings. The van der Waals surface area contributed by atoms with Crippen molar-refractivity contribution in [2.75, 3.05) is 17.7 Å². The van der Waals surface area contributed by atoms with Gasteiger partial charge in [0.15, 0.2) is 14.9 Å². The van der Waals surface area contributed by atoms with E-state index in [2.05, 4.69) is 15.4 Å². The molecule has 2 aromatic heterocycles. The number of amides is 2. The summed E-state index contributed by atoms with van der Waals surface area (Å²) < 4.78 is 25.7. The van der Waals surface area contributed by atoms with Gasteiger partial charge in [-0.1, -0.05) is 24.9 Å². The molecule has 0 saturated heterocycles. The van der Waals surface area contributed by atoms with Gasteiger partial charge in [0.05, 0.1) is 29.3 Å². The second-order valence-electron chi connectivity index (χ2n) is 8.11. The van der Waals surface area contributed by atoms with E-state index in [1.807, 2.05) is 35.9 Å². The smallest absolute Gasteiger partial charge is 0.322 e. The molecule has 10 heteroatoms. The first-order valence-corrected chi connectivity index (χ1v) is 13.1. The Labute approximate surface area is 198 Å². The van der Waals surface area contributed by atoms with Crippen molar-refractivity contribution in [2.24, 2.45) is 0 Å². The average Bonchev–Trinajstić information content (AvgIpc) is 3.23. The minimum atomic E-state index is -3.44. The fourth-order valence-electron chi connectivity index (χ4n) is 4.05. The third-order valence-corrected chi connectivity index (χ3v) is 6.90. The summed E-state index contributed by atoms with van der Waals surface area (Å²) in [6.07, 6.45) is 7.42. The lowest BCUT2D eigenvalue weighted by atomic mass is 10.0. The molecule has 0 spiro atoms. The summed E-state index contributed by atoms with van der Waals surface area (Å²) in [5.74, 6) is 0. The zero-order chi connectivity index (χ0) is 23.6. The third kappa shape index (κ3) is 5.04. The highest BCUT2D eigenvalue weighted by atomic mass is 35.5. The molecule has 174 valence electrons. The summed E-state index contributed by atoms with van der Waals surface area (Å²) in [6, 6.07) is 10.1. The normalized spacial score (nSPS) is 14.6. The number of carbonyl (C=O) groups is 1. The minimum absolute atomic E-state index is 0.000137. The molecule has 3 aromatic rings. The number of halogens is 1. The van der Waals surface area contributed by atoms with Crippen LogP contribution in [0, 0.1) is 0 Å². The van der Waals surface area contributed by atoms with E-state index in [4.69, 9.17) is 11.6 Å². The second-order valence-corrected chi connectivity index (χ2v) is 10.5. The molecule has 1 aliphatic heterocycles. The van der Waals surface area contributed by atoms with Crippen LogP contribution in [0.5, 0.6) is 0 Å². The number of nitrogens with zero attached hydrogens (tertiary/aromatic N) is 4. The number of rotatable bonds is 6. The van der Waals surface area contributed by atoms with Crippen molar-refractivity contribution in [1.29, 1.82) is 0 Å². The Morgan fingerprint density at radius 3 is 2.70 bits per heavy atom. The van der Waals surface area contributed by atoms with E-state index >= 15 is 0 Å². The van der Waals surface area contributed by atoms with Gasteiger partial charge in [-0.05, 0) is 61.2 Å². The van der Waals surface area contributed by atoms with Gasteiger partial charge in [0.2, 0.25) is 0 Å². The van der Waals surface area contributed by atoms with E-state index in [1.54, 1.807) is 17.2 Å². The monoisotopic (exact) mass is 487 g/mol. The number of hydrogen-bond acceptors (Lipinski definition) is 5. The number of urea groups is 1. The molecule has 0 unspecified atom stereocenters. The standard InChI is InChI=1S/C23H26ClN5O3S/c1-3-5-19(16-11-12-25-22(14-16)33(2,31)32)27-23(30)28-13-4-6-20-21(28)15-26-29(20)18-9-7-17(24)8-10-18/h7-12,14-15,19H,3-6,13H2,1-2H3,(H,27,30)/t19-/m0/s1. The Balaban J connectivity index is 1.59. The van der Waals surface area contributed by atoms with Crippen molar-refractivity contribution < 1.29 is 13.2 Å². The Bertz CT molecular complexity index is 1260. The van der Waals surface area contributed by atoms with E-state index in [9.17, 15) is 13.2 Å². The number of pyridine rings is 1. The van der Waals surface area contributed by atoms with Crippen LogP contribution in [0.1, 0.15) is 43.5 Å². The van der Waals surface area contributed by atoms with E-state index in [0.29, 0.717) is 18.0 Å². The predicted octanol–water partition coefficient (Wildman–Crippen LogP) is 4.33. The van der Waals surface area contributed by atoms with Crippen LogP contribution in [0.15, 0.2) is 53.8 Å². The summed E-state index contributed by atoms with van der Waals surface area (Å²) in [7, 11) is -3.44. The molecule has 8 nitrogen and oxygen atoms in total. The van der Waals surface area contributed by atoms with Crippen molar-refractivity contribution in [3.8, 4) is 5.69 Å². The van der Waals surface area contributed by atoms with E-state index < -0.39 is 9.84 Å². The molecular weight excluding hydrogens is 462 g/mol. The van der Waals surface area contributed by atoms with Crippen molar-refractivity contribution >= 4 is 33.2 Å². The van der Waals surface area contributed by atoms with Gasteiger partial charge < -0.3 is 5.32 Å². The van der Waals surface area contributed by atoms with Crippen LogP contribution in [0.3, 0.4) is 0 Å². The number of sulfone groups is 1. The minimum Gasteiger partial charge on any atom is -0.331 e. The molecular formula is C23H26ClN5O3S. The predicted molar refractivity (Wildman–Crippen MR) is 128 cm³/mol. The zero-order valence-electron chi connectivity index (χ0n) is 18.5. The summed E-state index contributed by atoms with van der Waals surface area (Å²) >= 11 is 6.01. The van der Waals surface area contributed by atoms with Gasteiger partial charge in [0.25, 0.3) is 0 Å². The lowest BCUT2D eigenvalue weighted by molar-refractivity contribution is 0.241. The molecule has 0 radical (unpaired) electrons. The Kier molecular flexibility index (Phi) is 6.71. The Hall–Kier alpha value is -2.91. The maximum absolute atomic E-state index is 13.3. The molecule has 0 bridgehead atoms. The molecule has 1 aliphatic rings. The second kappa shape index (κ2) is 9.52. The van der Waals surface area contributed by atoms with Crippen LogP contribution in [-0.4, -0.2) is 42.0 Å². The van der Waals surface area contributed by atoms with Crippen LogP contribution in [0.25, 0.3) is 5.69 Å². The van der Waals surface area contributed by atoms with Crippen LogP contribution >= 0.6 is 11.6 Å². The van der Waals surface area contributed by atoms with E-state index in [1.165, 1.54) is 12.3 Å². The van der Waals surface area contributed by atoms with Crippen LogP contribution in [-0.2, 0) is 16.3 Å². The number of fused-ring (bicyclic) bond motifs is 1. The largest absolute Gasteiger partial charge is 0.331 e. The molecule has 0 saturated carbocycles.